The van der Waals surface area contributed by atoms with E-state index >= 15 is 0 Å². The van der Waals surface area contributed by atoms with Crippen molar-refractivity contribution in [1.82, 2.24) is 15.5 Å². The van der Waals surface area contributed by atoms with E-state index in [1.165, 1.54) is 5.56 Å². The van der Waals surface area contributed by atoms with Crippen LogP contribution in [0.4, 0.5) is 0 Å². The van der Waals surface area contributed by atoms with Crippen molar-refractivity contribution in [3.8, 4) is 0 Å². The second-order valence-corrected chi connectivity index (χ2v) is 4.54. The molecule has 1 aromatic rings. The topological polar surface area (TPSA) is 38.6 Å². The minimum Gasteiger partial charge on any atom is -0.376 e. The lowest BCUT2D eigenvalue weighted by Crippen LogP contribution is -2.58. The van der Waals surface area contributed by atoms with E-state index in [-0.39, 0.29) is 5.66 Å². The Morgan fingerprint density at radius 3 is 2.82 bits per heavy atom. The molecule has 2 heterocycles. The van der Waals surface area contributed by atoms with Crippen molar-refractivity contribution < 1.29 is 4.74 Å². The van der Waals surface area contributed by atoms with Gasteiger partial charge in [0, 0.05) is 19.6 Å². The Morgan fingerprint density at radius 1 is 1.29 bits per heavy atom. The monoisotopic (exact) mass is 232 g/mol. The molecule has 1 N–H and O–H groups in total. The zero-order chi connectivity index (χ0) is 11.6. The van der Waals surface area contributed by atoms with Gasteiger partial charge in [0.15, 0.2) is 0 Å². The first-order valence-corrected chi connectivity index (χ1v) is 6.19. The minimum absolute atomic E-state index is 0.275. The summed E-state index contributed by atoms with van der Waals surface area (Å²) in [6.45, 7) is 5.15. The highest BCUT2D eigenvalue weighted by Gasteiger charge is 2.42. The summed E-state index contributed by atoms with van der Waals surface area (Å²) in [6, 6.07) is 10.5. The zero-order valence-corrected chi connectivity index (χ0v) is 9.93. The Kier molecular flexibility index (Phi) is 3.11. The summed E-state index contributed by atoms with van der Waals surface area (Å²) in [5.74, 6) is 0. The smallest absolute Gasteiger partial charge is 0.138 e. The number of ether oxygens (including phenoxy) is 1. The Morgan fingerprint density at radius 2 is 2.18 bits per heavy atom. The van der Waals surface area contributed by atoms with Crippen LogP contribution in [0.3, 0.4) is 0 Å². The molecule has 0 spiro atoms. The van der Waals surface area contributed by atoms with Gasteiger partial charge in [0.25, 0.3) is 0 Å². The van der Waals surface area contributed by atoms with Crippen LogP contribution in [0.15, 0.2) is 30.3 Å². The number of nitrogens with one attached hydrogen (secondary N) is 1. The molecule has 91 valence electrons. The van der Waals surface area contributed by atoms with Gasteiger partial charge in [-0.3, -0.25) is 4.90 Å². The minimum atomic E-state index is -0.275. The average molecular weight is 232 g/mol. The molecule has 2 fully saturated rings. The Labute approximate surface area is 102 Å². The highest BCUT2D eigenvalue weighted by molar-refractivity contribution is 5.25. The van der Waals surface area contributed by atoms with Gasteiger partial charge in [-0.2, -0.15) is 0 Å². The van der Waals surface area contributed by atoms with Crippen LogP contribution in [0.25, 0.3) is 0 Å². The summed E-state index contributed by atoms with van der Waals surface area (Å²) in [5, 5.41) is 8.25. The molecule has 3 rings (SSSR count). The molecule has 0 aliphatic carbocycles. The number of benzene rings is 1. The van der Waals surface area contributed by atoms with Crippen molar-refractivity contribution in [2.45, 2.75) is 5.66 Å². The molecule has 0 saturated carbocycles. The zero-order valence-electron chi connectivity index (χ0n) is 9.93. The predicted octanol–water partition coefficient (Wildman–Crippen LogP) is 0.337. The maximum absolute atomic E-state index is 5.69. The van der Waals surface area contributed by atoms with E-state index in [4.69, 9.17) is 10.1 Å². The molecule has 2 saturated heterocycles. The lowest BCUT2D eigenvalue weighted by atomic mass is 9.97. The standard InChI is InChI=1S/C13H18N3O/c1-2-4-12(5-3-1)13(10-17-9-7-15-13)16-8-6-14-11-16/h1-5,14H,6-11H2. The van der Waals surface area contributed by atoms with E-state index in [9.17, 15) is 0 Å². The van der Waals surface area contributed by atoms with Crippen LogP contribution in [0.5, 0.6) is 0 Å². The Bertz CT molecular complexity index is 356. The van der Waals surface area contributed by atoms with Gasteiger partial charge >= 0.3 is 0 Å². The van der Waals surface area contributed by atoms with Crippen LogP contribution < -0.4 is 10.6 Å². The summed E-state index contributed by atoms with van der Waals surface area (Å²) in [6.07, 6.45) is 0. The summed E-state index contributed by atoms with van der Waals surface area (Å²) >= 11 is 0. The van der Waals surface area contributed by atoms with E-state index in [1.807, 2.05) is 6.07 Å². The second-order valence-electron chi connectivity index (χ2n) is 4.54. The molecule has 4 nitrogen and oxygen atoms in total. The van der Waals surface area contributed by atoms with Crippen LogP contribution in [0, 0.1) is 0 Å². The lowest BCUT2D eigenvalue weighted by Gasteiger charge is -2.43. The quantitative estimate of drug-likeness (QED) is 0.799. The van der Waals surface area contributed by atoms with Crippen molar-refractivity contribution in [1.29, 1.82) is 0 Å². The molecule has 2 aliphatic heterocycles. The first-order valence-electron chi connectivity index (χ1n) is 6.19. The van der Waals surface area contributed by atoms with Crippen LogP contribution in [0.2, 0.25) is 0 Å². The summed E-state index contributed by atoms with van der Waals surface area (Å²) < 4.78 is 5.69. The summed E-state index contributed by atoms with van der Waals surface area (Å²) in [5.41, 5.74) is 0.964. The third-order valence-corrected chi connectivity index (χ3v) is 3.53. The highest BCUT2D eigenvalue weighted by Crippen LogP contribution is 2.29. The highest BCUT2D eigenvalue weighted by atomic mass is 16.5. The van der Waals surface area contributed by atoms with E-state index in [0.717, 1.165) is 32.9 Å². The molecular formula is C13H18N3O. The predicted molar refractivity (Wildman–Crippen MR) is 65.5 cm³/mol. The number of hydrogen-bond donors (Lipinski definition) is 1. The molecule has 1 aromatic carbocycles. The first kappa shape index (κ1) is 11.2. The van der Waals surface area contributed by atoms with Crippen molar-refractivity contribution in [2.75, 3.05) is 39.5 Å². The lowest BCUT2D eigenvalue weighted by molar-refractivity contribution is -0.0616. The molecule has 1 radical (unpaired) electrons. The summed E-state index contributed by atoms with van der Waals surface area (Å²) in [7, 11) is 0. The van der Waals surface area contributed by atoms with Crippen molar-refractivity contribution >= 4 is 0 Å². The van der Waals surface area contributed by atoms with Gasteiger partial charge in [-0.25, -0.2) is 5.32 Å². The van der Waals surface area contributed by atoms with Gasteiger partial charge in [-0.05, 0) is 5.56 Å². The summed E-state index contributed by atoms with van der Waals surface area (Å²) in [4.78, 5) is 2.38. The van der Waals surface area contributed by atoms with Crippen molar-refractivity contribution in [3.63, 3.8) is 0 Å². The van der Waals surface area contributed by atoms with E-state index in [2.05, 4.69) is 34.5 Å². The van der Waals surface area contributed by atoms with Gasteiger partial charge in [0.1, 0.15) is 5.66 Å². The Hall–Kier alpha value is -0.940. The van der Waals surface area contributed by atoms with Crippen LogP contribution >= 0.6 is 0 Å². The number of hydrogen-bond acceptors (Lipinski definition) is 3. The van der Waals surface area contributed by atoms with Gasteiger partial charge < -0.3 is 10.1 Å². The molecule has 2 aliphatic rings. The fraction of sp³-hybridized carbons (Fsp3) is 0.538. The molecule has 0 bridgehead atoms. The van der Waals surface area contributed by atoms with E-state index in [1.54, 1.807) is 0 Å². The van der Waals surface area contributed by atoms with Gasteiger partial charge in [0.2, 0.25) is 0 Å². The number of rotatable bonds is 2. The Balaban J connectivity index is 1.95. The van der Waals surface area contributed by atoms with Gasteiger partial charge in [-0.15, -0.1) is 0 Å². The molecule has 1 unspecified atom stereocenters. The third kappa shape index (κ3) is 1.98. The normalized spacial score (nSPS) is 30.6. The number of nitrogens with zero attached hydrogens (tertiary/aromatic N) is 2. The molecule has 1 atom stereocenters. The van der Waals surface area contributed by atoms with Gasteiger partial charge in [-0.1, -0.05) is 30.3 Å². The van der Waals surface area contributed by atoms with Crippen molar-refractivity contribution in [3.05, 3.63) is 35.9 Å². The average Bonchev–Trinajstić information content (AvgIpc) is 2.95. The fourth-order valence-electron chi connectivity index (χ4n) is 2.63. The molecular weight excluding hydrogens is 214 g/mol. The van der Waals surface area contributed by atoms with Crippen LogP contribution in [-0.4, -0.2) is 44.4 Å². The molecule has 17 heavy (non-hydrogen) atoms. The largest absolute Gasteiger partial charge is 0.376 e. The second kappa shape index (κ2) is 4.74. The van der Waals surface area contributed by atoms with Gasteiger partial charge in [0.05, 0.1) is 19.9 Å². The molecule has 4 heteroatoms. The third-order valence-electron chi connectivity index (χ3n) is 3.53. The van der Waals surface area contributed by atoms with E-state index in [0.29, 0.717) is 6.61 Å². The fourth-order valence-corrected chi connectivity index (χ4v) is 2.63. The van der Waals surface area contributed by atoms with Crippen LogP contribution in [0.1, 0.15) is 5.56 Å². The SMILES string of the molecule is c1ccc(C2(N3CCNC3)COCC[N]2)cc1. The maximum Gasteiger partial charge on any atom is 0.138 e. The van der Waals surface area contributed by atoms with E-state index < -0.39 is 0 Å². The molecule has 0 amide bonds. The van der Waals surface area contributed by atoms with Crippen LogP contribution in [-0.2, 0) is 10.4 Å². The first-order chi connectivity index (χ1) is 8.42. The molecule has 0 aromatic heterocycles. The van der Waals surface area contributed by atoms with Crippen molar-refractivity contribution in [2.24, 2.45) is 0 Å². The maximum atomic E-state index is 5.69. The number of morpholine rings is 1.